The monoisotopic (exact) mass is 618 g/mol. The molecule has 0 bridgehead atoms. The van der Waals surface area contributed by atoms with Crippen LogP contribution in [0.5, 0.6) is 0 Å². The van der Waals surface area contributed by atoms with Crippen molar-refractivity contribution >= 4 is 52.9 Å². The molecule has 41 heavy (non-hydrogen) atoms. The van der Waals surface area contributed by atoms with E-state index in [1.54, 1.807) is 12.1 Å². The van der Waals surface area contributed by atoms with Crippen LogP contribution in [-0.4, -0.2) is 27.6 Å². The maximum atomic E-state index is 11.3. The minimum atomic E-state index is -2.03. The maximum Gasteiger partial charge on any atom is 0.341 e. The van der Waals surface area contributed by atoms with Crippen molar-refractivity contribution in [3.63, 3.8) is 0 Å². The molecule has 3 atom stereocenters. The number of amides is 1. The Kier molecular flexibility index (Phi) is 12.9. The van der Waals surface area contributed by atoms with E-state index in [2.05, 4.69) is 30.2 Å². The summed E-state index contributed by atoms with van der Waals surface area (Å²) in [6.45, 7) is 11.4. The Morgan fingerprint density at radius 2 is 1.63 bits per heavy atom. The van der Waals surface area contributed by atoms with Crippen molar-refractivity contribution in [3.8, 4) is 0 Å². The molecule has 0 aliphatic rings. The minimum absolute atomic E-state index is 0.0137. The van der Waals surface area contributed by atoms with Gasteiger partial charge in [0.1, 0.15) is 0 Å². The number of carboxylic acids is 1. The van der Waals surface area contributed by atoms with E-state index in [1.807, 2.05) is 51.1 Å². The van der Waals surface area contributed by atoms with Gasteiger partial charge in [0.05, 0.1) is 10.7 Å². The average molecular weight is 620 g/mol. The van der Waals surface area contributed by atoms with Gasteiger partial charge in [-0.2, -0.15) is 0 Å². The molecule has 1 amide bonds. The number of carbonyl (C=O) groups excluding carboxylic acids is 1. The Bertz CT molecular complexity index is 1410. The lowest BCUT2D eigenvalue weighted by atomic mass is 9.87. The van der Waals surface area contributed by atoms with Crippen LogP contribution >= 0.6 is 34.8 Å². The predicted octanol–water partition coefficient (Wildman–Crippen LogP) is 8.90. The molecule has 3 aromatic rings. The van der Waals surface area contributed by atoms with Gasteiger partial charge in [-0.05, 0) is 92.1 Å². The Balaban J connectivity index is 0.000000287. The van der Waals surface area contributed by atoms with Gasteiger partial charge in [-0.25, -0.2) is 4.79 Å². The van der Waals surface area contributed by atoms with Crippen LogP contribution in [0.15, 0.2) is 60.3 Å². The lowest BCUT2D eigenvalue weighted by Gasteiger charge is -2.24. The van der Waals surface area contributed by atoms with Crippen LogP contribution in [-0.2, 0) is 15.2 Å². The topological polar surface area (TPSA) is 99.5 Å². The number of carboxylic acid groups (broad SMARTS) is 1. The summed E-state index contributed by atoms with van der Waals surface area (Å²) in [6.07, 6.45) is 5.86. The van der Waals surface area contributed by atoms with Gasteiger partial charge >= 0.3 is 5.97 Å². The third-order valence-electron chi connectivity index (χ3n) is 6.88. The molecule has 0 fully saturated rings. The van der Waals surface area contributed by atoms with Crippen molar-refractivity contribution in [1.82, 2.24) is 4.98 Å². The van der Waals surface area contributed by atoms with E-state index in [9.17, 15) is 19.8 Å². The Hall–Kier alpha value is -2.90. The van der Waals surface area contributed by atoms with Crippen molar-refractivity contribution in [1.29, 1.82) is 0 Å². The molecule has 0 aliphatic heterocycles. The zero-order valence-electron chi connectivity index (χ0n) is 24.1. The smallest absolute Gasteiger partial charge is 0.341 e. The number of nitrogens with one attached hydrogen (secondary N) is 1. The fourth-order valence-corrected chi connectivity index (χ4v) is 5.22. The van der Waals surface area contributed by atoms with Gasteiger partial charge in [-0.3, -0.25) is 9.78 Å². The molecule has 220 valence electrons. The van der Waals surface area contributed by atoms with Crippen LogP contribution < -0.4 is 5.32 Å². The van der Waals surface area contributed by atoms with Crippen LogP contribution in [0.25, 0.3) is 0 Å². The van der Waals surface area contributed by atoms with Gasteiger partial charge in [0.2, 0.25) is 12.0 Å². The van der Waals surface area contributed by atoms with Gasteiger partial charge < -0.3 is 15.5 Å². The fraction of sp³-hybridized carbons (Fsp3) is 0.344. The van der Waals surface area contributed by atoms with Gasteiger partial charge in [0.15, 0.2) is 0 Å². The van der Waals surface area contributed by atoms with Crippen molar-refractivity contribution < 1.29 is 19.8 Å². The van der Waals surface area contributed by atoms with E-state index in [1.165, 1.54) is 18.7 Å². The number of anilines is 1. The quantitative estimate of drug-likeness (QED) is 0.155. The highest BCUT2D eigenvalue weighted by Gasteiger charge is 2.37. The highest BCUT2D eigenvalue weighted by Crippen LogP contribution is 2.35. The number of aliphatic carboxylic acids is 1. The number of aryl methyl sites for hydroxylation is 1. The summed E-state index contributed by atoms with van der Waals surface area (Å²) in [7, 11) is 0. The van der Waals surface area contributed by atoms with E-state index in [0.29, 0.717) is 27.0 Å². The maximum absolute atomic E-state index is 11.3. The highest BCUT2D eigenvalue weighted by atomic mass is 35.5. The molecule has 2 aromatic carbocycles. The Labute approximate surface area is 257 Å². The molecule has 0 saturated heterocycles. The minimum Gasteiger partial charge on any atom is -0.479 e. The second-order valence-electron chi connectivity index (χ2n) is 10.2. The first-order valence-corrected chi connectivity index (χ1v) is 14.4. The zero-order chi connectivity index (χ0) is 30.9. The van der Waals surface area contributed by atoms with Gasteiger partial charge in [0.25, 0.3) is 0 Å². The summed E-state index contributed by atoms with van der Waals surface area (Å²) in [5, 5.41) is 23.8. The molecule has 3 N–H and O–H groups in total. The summed E-state index contributed by atoms with van der Waals surface area (Å²) in [5.74, 6) is -1.21. The third-order valence-corrected chi connectivity index (χ3v) is 7.55. The molecule has 3 rings (SSSR count). The molecule has 0 radical (unpaired) electrons. The number of aromatic nitrogens is 1. The number of aliphatic hydroxyl groups is 1. The van der Waals surface area contributed by atoms with Crippen molar-refractivity contribution in [2.45, 2.75) is 71.8 Å². The Morgan fingerprint density at radius 1 is 1.02 bits per heavy atom. The molecular formula is C32H37Cl3N2O4. The van der Waals surface area contributed by atoms with Crippen LogP contribution in [0.3, 0.4) is 0 Å². The van der Waals surface area contributed by atoms with Crippen molar-refractivity contribution in [2.24, 2.45) is 0 Å². The normalized spacial score (nSPS) is 14.2. The summed E-state index contributed by atoms with van der Waals surface area (Å²) in [4.78, 5) is 26.1. The number of benzene rings is 2. The van der Waals surface area contributed by atoms with Crippen molar-refractivity contribution in [3.05, 3.63) is 103 Å². The summed E-state index contributed by atoms with van der Waals surface area (Å²) in [5.41, 5.74) is 4.02. The first-order chi connectivity index (χ1) is 19.2. The van der Waals surface area contributed by atoms with Crippen LogP contribution in [0, 0.1) is 6.92 Å². The van der Waals surface area contributed by atoms with Gasteiger partial charge in [0, 0.05) is 27.8 Å². The number of allylic oxidation sites excluding steroid dienone is 2. The molecule has 3 unspecified atom stereocenters. The van der Waals surface area contributed by atoms with Crippen LogP contribution in [0.2, 0.25) is 15.1 Å². The summed E-state index contributed by atoms with van der Waals surface area (Å²) in [6, 6.07) is 13.0. The van der Waals surface area contributed by atoms with Crippen LogP contribution in [0.4, 0.5) is 5.69 Å². The lowest BCUT2D eigenvalue weighted by Crippen LogP contribution is -2.34. The highest BCUT2D eigenvalue weighted by molar-refractivity contribution is 6.31. The first kappa shape index (κ1) is 34.3. The SMILES string of the molecule is CC/C=C(/C)CC(C)c1cc(Cl)cnc1C(C)(O)C(=O)O.Cc1ccc(Cl)cc1C(C)c1ccc(Cl)cc1NC=O. The second kappa shape index (κ2) is 15.4. The standard InChI is InChI=1S/C16H15Cl2NO.C16H22ClNO3/c1-10-3-4-12(17)7-15(10)11(2)14-6-5-13(18)8-16(14)19-9-20;1-5-6-10(2)7-11(3)13-8-12(17)9-18-14(13)16(4,21)15(19)20/h3-9,11H,1-2H3,(H,19,20);6,8-9,11,21H,5,7H2,1-4H3,(H,19,20)/b;10-6-. The molecule has 1 aromatic heterocycles. The van der Waals surface area contributed by atoms with E-state index in [-0.39, 0.29) is 17.5 Å². The van der Waals surface area contributed by atoms with Gasteiger partial charge in [-0.1, -0.05) is 79.4 Å². The van der Waals surface area contributed by atoms with Crippen LogP contribution in [0.1, 0.15) is 87.2 Å². The van der Waals surface area contributed by atoms with E-state index < -0.39 is 11.6 Å². The molecule has 0 saturated carbocycles. The number of pyridine rings is 1. The number of rotatable bonds is 10. The molecule has 1 heterocycles. The van der Waals surface area contributed by atoms with Crippen molar-refractivity contribution in [2.75, 3.05) is 5.32 Å². The predicted molar refractivity (Wildman–Crippen MR) is 168 cm³/mol. The number of hydrogen-bond donors (Lipinski definition) is 3. The summed E-state index contributed by atoms with van der Waals surface area (Å²) < 4.78 is 0. The molecular weight excluding hydrogens is 583 g/mol. The molecule has 9 heteroatoms. The average Bonchev–Trinajstić information content (AvgIpc) is 2.90. The van der Waals surface area contributed by atoms with Gasteiger partial charge in [-0.15, -0.1) is 0 Å². The fourth-order valence-electron chi connectivity index (χ4n) is 4.70. The third kappa shape index (κ3) is 9.30. The van der Waals surface area contributed by atoms with E-state index >= 15 is 0 Å². The Morgan fingerprint density at radius 3 is 2.24 bits per heavy atom. The zero-order valence-corrected chi connectivity index (χ0v) is 26.4. The molecule has 0 aliphatic carbocycles. The van der Waals surface area contributed by atoms with E-state index in [0.717, 1.165) is 35.2 Å². The molecule has 6 nitrogen and oxygen atoms in total. The number of hydrogen-bond acceptors (Lipinski definition) is 4. The molecule has 0 spiro atoms. The summed E-state index contributed by atoms with van der Waals surface area (Å²) >= 11 is 18.0. The largest absolute Gasteiger partial charge is 0.479 e. The lowest BCUT2D eigenvalue weighted by molar-refractivity contribution is -0.158. The number of nitrogens with zero attached hydrogens (tertiary/aromatic N) is 1. The first-order valence-electron chi connectivity index (χ1n) is 13.3. The number of carbonyl (C=O) groups is 2. The second-order valence-corrected chi connectivity index (χ2v) is 11.6. The number of halogens is 3. The van der Waals surface area contributed by atoms with E-state index in [4.69, 9.17) is 34.8 Å².